The van der Waals surface area contributed by atoms with Crippen molar-refractivity contribution in [2.24, 2.45) is 5.92 Å². The molecule has 0 saturated carbocycles. The number of hydrogen-bond donors (Lipinski definition) is 1. The average molecular weight is 252 g/mol. The third-order valence-electron chi connectivity index (χ3n) is 2.47. The van der Waals surface area contributed by atoms with E-state index < -0.39 is 17.9 Å². The van der Waals surface area contributed by atoms with E-state index in [0.717, 1.165) is 0 Å². The first-order valence-electron chi connectivity index (χ1n) is 5.61. The van der Waals surface area contributed by atoms with E-state index in [9.17, 15) is 14.7 Å². The summed E-state index contributed by atoms with van der Waals surface area (Å²) in [7, 11) is 1.21. The molecule has 0 heterocycles. The van der Waals surface area contributed by atoms with Crippen LogP contribution in [0.25, 0.3) is 0 Å². The number of hydrogen-bond acceptors (Lipinski definition) is 5. The van der Waals surface area contributed by atoms with Gasteiger partial charge in [0.2, 0.25) is 0 Å². The lowest BCUT2D eigenvalue weighted by Gasteiger charge is -2.14. The molecule has 1 aromatic rings. The second-order valence-electron chi connectivity index (χ2n) is 3.66. The maximum atomic E-state index is 11.7. The van der Waals surface area contributed by atoms with Gasteiger partial charge in [0, 0.05) is 0 Å². The number of phenolic OH excluding ortho intramolecular Hbond substituents is 1. The summed E-state index contributed by atoms with van der Waals surface area (Å²) < 4.78 is 9.39. The monoisotopic (exact) mass is 252 g/mol. The summed E-state index contributed by atoms with van der Waals surface area (Å²) in [5.41, 5.74) is 0.501. The first kappa shape index (κ1) is 14.0. The zero-order valence-electron chi connectivity index (χ0n) is 10.4. The molecular weight excluding hydrogens is 236 g/mol. The molecule has 0 aliphatic rings. The number of rotatable bonds is 5. The highest BCUT2D eigenvalue weighted by atomic mass is 16.5. The van der Waals surface area contributed by atoms with Gasteiger partial charge in [0.15, 0.2) is 5.92 Å². The molecule has 0 aliphatic carbocycles. The van der Waals surface area contributed by atoms with Gasteiger partial charge in [0.1, 0.15) is 5.75 Å². The molecule has 1 rings (SSSR count). The van der Waals surface area contributed by atoms with Crippen LogP contribution in [0.1, 0.15) is 12.5 Å². The van der Waals surface area contributed by atoms with Crippen LogP contribution in [0.15, 0.2) is 24.3 Å². The van der Waals surface area contributed by atoms with Crippen LogP contribution in [0, 0.1) is 5.92 Å². The Labute approximate surface area is 105 Å². The molecule has 1 N–H and O–H groups in total. The predicted octanol–water partition coefficient (Wildman–Crippen LogP) is 1.29. The smallest absolute Gasteiger partial charge is 0.320 e. The van der Waals surface area contributed by atoms with Crippen LogP contribution in [0.3, 0.4) is 0 Å². The van der Waals surface area contributed by atoms with Crippen molar-refractivity contribution in [3.63, 3.8) is 0 Å². The molecule has 0 spiro atoms. The molecule has 0 bridgehead atoms. The highest BCUT2D eigenvalue weighted by Crippen LogP contribution is 2.21. The Morgan fingerprint density at radius 2 is 1.94 bits per heavy atom. The summed E-state index contributed by atoms with van der Waals surface area (Å²) in [6.07, 6.45) is 0.0537. The molecule has 0 aromatic heterocycles. The Morgan fingerprint density at radius 3 is 2.50 bits per heavy atom. The number of carbonyl (C=O) groups excluding carboxylic acids is 2. The first-order valence-corrected chi connectivity index (χ1v) is 5.61. The number of carbonyl (C=O) groups is 2. The summed E-state index contributed by atoms with van der Waals surface area (Å²) in [6.45, 7) is 1.85. The fraction of sp³-hybridized carbons (Fsp3) is 0.385. The van der Waals surface area contributed by atoms with Crippen LogP contribution in [-0.4, -0.2) is 30.8 Å². The molecule has 0 amide bonds. The Balaban J connectivity index is 2.88. The standard InChI is InChI=1S/C13H16O5/c1-3-18-13(16)10(12(15)17-2)8-9-6-4-5-7-11(9)14/h4-7,10,14H,3,8H2,1-2H3. The average Bonchev–Trinajstić information content (AvgIpc) is 2.37. The van der Waals surface area contributed by atoms with Crippen molar-refractivity contribution < 1.29 is 24.2 Å². The fourth-order valence-electron chi connectivity index (χ4n) is 1.55. The highest BCUT2D eigenvalue weighted by Gasteiger charge is 2.29. The second kappa shape index (κ2) is 6.64. The van der Waals surface area contributed by atoms with Crippen molar-refractivity contribution in [3.8, 4) is 5.75 Å². The minimum absolute atomic E-state index is 0.0377. The van der Waals surface area contributed by atoms with Crippen LogP contribution in [0.5, 0.6) is 5.75 Å². The fourth-order valence-corrected chi connectivity index (χ4v) is 1.55. The lowest BCUT2D eigenvalue weighted by molar-refractivity contribution is -0.160. The van der Waals surface area contributed by atoms with Gasteiger partial charge in [0.25, 0.3) is 0 Å². The second-order valence-corrected chi connectivity index (χ2v) is 3.66. The Bertz CT molecular complexity index is 427. The van der Waals surface area contributed by atoms with Crippen molar-refractivity contribution in [2.75, 3.05) is 13.7 Å². The van der Waals surface area contributed by atoms with Crippen LogP contribution in [0.2, 0.25) is 0 Å². The lowest BCUT2D eigenvalue weighted by Crippen LogP contribution is -2.29. The zero-order valence-corrected chi connectivity index (χ0v) is 10.4. The van der Waals surface area contributed by atoms with Crippen LogP contribution in [-0.2, 0) is 25.5 Å². The van der Waals surface area contributed by atoms with Gasteiger partial charge in [-0.05, 0) is 25.0 Å². The van der Waals surface area contributed by atoms with Crippen LogP contribution in [0.4, 0.5) is 0 Å². The summed E-state index contributed by atoms with van der Waals surface area (Å²) in [5, 5.41) is 9.62. The van der Waals surface area contributed by atoms with Crippen molar-refractivity contribution in [1.29, 1.82) is 0 Å². The number of ether oxygens (including phenoxy) is 2. The summed E-state index contributed by atoms with van der Waals surface area (Å²) >= 11 is 0. The SMILES string of the molecule is CCOC(=O)C(Cc1ccccc1O)C(=O)OC. The van der Waals surface area contributed by atoms with E-state index in [1.54, 1.807) is 25.1 Å². The largest absolute Gasteiger partial charge is 0.508 e. The van der Waals surface area contributed by atoms with Gasteiger partial charge in [-0.25, -0.2) is 0 Å². The van der Waals surface area contributed by atoms with Crippen LogP contribution < -0.4 is 0 Å². The van der Waals surface area contributed by atoms with E-state index in [2.05, 4.69) is 4.74 Å². The maximum Gasteiger partial charge on any atom is 0.320 e. The van der Waals surface area contributed by atoms with E-state index in [4.69, 9.17) is 4.74 Å². The molecule has 0 radical (unpaired) electrons. The van der Waals surface area contributed by atoms with Gasteiger partial charge in [-0.15, -0.1) is 0 Å². The van der Waals surface area contributed by atoms with Crippen molar-refractivity contribution >= 4 is 11.9 Å². The molecule has 1 atom stereocenters. The van der Waals surface area contributed by atoms with Gasteiger partial charge in [-0.1, -0.05) is 18.2 Å². The number of benzene rings is 1. The Kier molecular flexibility index (Phi) is 5.17. The van der Waals surface area contributed by atoms with Gasteiger partial charge in [0.05, 0.1) is 13.7 Å². The zero-order chi connectivity index (χ0) is 13.5. The topological polar surface area (TPSA) is 72.8 Å². The van der Waals surface area contributed by atoms with Gasteiger partial charge >= 0.3 is 11.9 Å². The van der Waals surface area contributed by atoms with E-state index in [0.29, 0.717) is 5.56 Å². The van der Waals surface area contributed by atoms with Gasteiger partial charge in [-0.2, -0.15) is 0 Å². The summed E-state index contributed by atoms with van der Waals surface area (Å²) in [4.78, 5) is 23.2. The molecule has 1 unspecified atom stereocenters. The molecular formula is C13H16O5. The number of para-hydroxylation sites is 1. The number of phenols is 1. The first-order chi connectivity index (χ1) is 8.60. The van der Waals surface area contributed by atoms with E-state index in [1.807, 2.05) is 0 Å². The highest BCUT2D eigenvalue weighted by molar-refractivity contribution is 5.95. The quantitative estimate of drug-likeness (QED) is 0.631. The van der Waals surface area contributed by atoms with Gasteiger partial charge < -0.3 is 14.6 Å². The van der Waals surface area contributed by atoms with Crippen molar-refractivity contribution in [2.45, 2.75) is 13.3 Å². The molecule has 1 aromatic carbocycles. The minimum atomic E-state index is -1.05. The minimum Gasteiger partial charge on any atom is -0.508 e. The summed E-state index contributed by atoms with van der Waals surface area (Å²) in [5.74, 6) is -2.33. The normalized spacial score (nSPS) is 11.7. The van der Waals surface area contributed by atoms with Gasteiger partial charge in [-0.3, -0.25) is 9.59 Å². The predicted molar refractivity (Wildman–Crippen MR) is 63.9 cm³/mol. The van der Waals surface area contributed by atoms with Crippen LogP contribution >= 0.6 is 0 Å². The molecule has 0 fully saturated rings. The Morgan fingerprint density at radius 1 is 1.28 bits per heavy atom. The van der Waals surface area contributed by atoms with Crippen molar-refractivity contribution in [3.05, 3.63) is 29.8 Å². The number of methoxy groups -OCH3 is 1. The van der Waals surface area contributed by atoms with E-state index in [-0.39, 0.29) is 18.8 Å². The third kappa shape index (κ3) is 3.48. The molecule has 98 valence electrons. The van der Waals surface area contributed by atoms with E-state index >= 15 is 0 Å². The third-order valence-corrected chi connectivity index (χ3v) is 2.47. The molecule has 18 heavy (non-hydrogen) atoms. The van der Waals surface area contributed by atoms with Crippen molar-refractivity contribution in [1.82, 2.24) is 0 Å². The lowest BCUT2D eigenvalue weighted by atomic mass is 9.99. The number of aromatic hydroxyl groups is 1. The van der Waals surface area contributed by atoms with E-state index in [1.165, 1.54) is 13.2 Å². The number of esters is 2. The summed E-state index contributed by atoms with van der Waals surface area (Å²) in [6, 6.07) is 6.52. The maximum absolute atomic E-state index is 11.7. The molecule has 5 heteroatoms. The molecule has 0 saturated heterocycles. The Hall–Kier alpha value is -2.04. The molecule has 0 aliphatic heterocycles. The molecule has 5 nitrogen and oxygen atoms in total.